The molecule has 9 heteroatoms. The van der Waals surface area contributed by atoms with Crippen LogP contribution < -0.4 is 13.8 Å². The summed E-state index contributed by atoms with van der Waals surface area (Å²) in [7, 11) is -2.79. The Morgan fingerprint density at radius 2 is 1.72 bits per heavy atom. The monoisotopic (exact) mass is 501 g/mol. The minimum atomic E-state index is -4.28. The summed E-state index contributed by atoms with van der Waals surface area (Å²) < 4.78 is 34.3. The average Bonchev–Trinajstić information content (AvgIpc) is 2.89. The van der Waals surface area contributed by atoms with E-state index in [9.17, 15) is 18.4 Å². The molecule has 0 fully saturated rings. The standard InChI is InChI=1S/C27H23N3O5S/c1-35-24-10-12-25(13-11-24)36(33,34)30(27(31)19-22-5-4-16-28-20-22)26-7-3-2-6-23(26)9-8-21-14-17-29(32)18-15-21/h2-18,20H,19H2,1H3/b9-8+. The van der Waals surface area contributed by atoms with Gasteiger partial charge in [0.1, 0.15) is 5.75 Å². The zero-order valence-electron chi connectivity index (χ0n) is 19.4. The second kappa shape index (κ2) is 10.8. The fourth-order valence-corrected chi connectivity index (χ4v) is 4.98. The van der Waals surface area contributed by atoms with Crippen molar-refractivity contribution in [2.75, 3.05) is 11.4 Å². The molecule has 0 aliphatic carbocycles. The van der Waals surface area contributed by atoms with Crippen LogP contribution in [-0.2, 0) is 21.2 Å². The fourth-order valence-electron chi connectivity index (χ4n) is 3.53. The Morgan fingerprint density at radius 1 is 1.00 bits per heavy atom. The number of sulfonamides is 1. The smallest absolute Gasteiger partial charge is 0.270 e. The number of hydrogen-bond donors (Lipinski definition) is 0. The molecule has 0 saturated heterocycles. The number of nitrogens with zero attached hydrogens (tertiary/aromatic N) is 3. The number of anilines is 1. The first kappa shape index (κ1) is 24.6. The van der Waals surface area contributed by atoms with Gasteiger partial charge in [0, 0.05) is 24.5 Å². The third kappa shape index (κ3) is 5.59. The third-order valence-electron chi connectivity index (χ3n) is 5.34. The van der Waals surface area contributed by atoms with Crippen LogP contribution >= 0.6 is 0 Å². The number of ether oxygens (including phenoxy) is 1. The van der Waals surface area contributed by atoms with Crippen LogP contribution in [0.25, 0.3) is 12.2 Å². The van der Waals surface area contributed by atoms with E-state index in [4.69, 9.17) is 4.74 Å². The molecule has 0 unspecified atom stereocenters. The van der Waals surface area contributed by atoms with Gasteiger partial charge in [-0.05, 0) is 53.1 Å². The van der Waals surface area contributed by atoms with Crippen LogP contribution in [0.1, 0.15) is 16.7 Å². The number of aromatic nitrogens is 2. The highest BCUT2D eigenvalue weighted by Gasteiger charge is 2.32. The first-order valence-corrected chi connectivity index (χ1v) is 12.4. The van der Waals surface area contributed by atoms with Crippen molar-refractivity contribution in [1.82, 2.24) is 4.98 Å². The molecule has 0 aliphatic heterocycles. The fraction of sp³-hybridized carbons (Fsp3) is 0.0741. The van der Waals surface area contributed by atoms with Crippen molar-refractivity contribution in [1.29, 1.82) is 0 Å². The normalized spacial score (nSPS) is 11.4. The van der Waals surface area contributed by atoms with E-state index in [1.54, 1.807) is 66.9 Å². The van der Waals surface area contributed by atoms with Crippen molar-refractivity contribution in [3.8, 4) is 5.75 Å². The van der Waals surface area contributed by atoms with E-state index in [0.717, 1.165) is 9.87 Å². The van der Waals surface area contributed by atoms with Crippen LogP contribution in [-0.4, -0.2) is 26.4 Å². The highest BCUT2D eigenvalue weighted by Crippen LogP contribution is 2.30. The number of pyridine rings is 2. The van der Waals surface area contributed by atoms with Crippen LogP contribution in [0.5, 0.6) is 5.75 Å². The number of carbonyl (C=O) groups is 1. The summed E-state index contributed by atoms with van der Waals surface area (Å²) in [5.74, 6) is -0.139. The first-order valence-electron chi connectivity index (χ1n) is 11.0. The molecule has 2 heterocycles. The molecule has 0 aliphatic rings. The van der Waals surface area contributed by atoms with E-state index < -0.39 is 15.9 Å². The quantitative estimate of drug-likeness (QED) is 0.268. The Bertz CT molecular complexity index is 1470. The largest absolute Gasteiger partial charge is 0.619 e. The lowest BCUT2D eigenvalue weighted by Crippen LogP contribution is -2.38. The molecule has 4 aromatic rings. The molecular weight excluding hydrogens is 478 g/mol. The number of methoxy groups -OCH3 is 1. The highest BCUT2D eigenvalue weighted by atomic mass is 32.2. The zero-order valence-corrected chi connectivity index (χ0v) is 20.2. The lowest BCUT2D eigenvalue weighted by Gasteiger charge is -2.24. The maximum Gasteiger partial charge on any atom is 0.270 e. The molecule has 182 valence electrons. The number of benzene rings is 2. The van der Waals surface area contributed by atoms with Crippen molar-refractivity contribution in [2.24, 2.45) is 0 Å². The molecule has 8 nitrogen and oxygen atoms in total. The van der Waals surface area contributed by atoms with E-state index in [0.29, 0.717) is 21.6 Å². The van der Waals surface area contributed by atoms with Gasteiger partial charge in [0.2, 0.25) is 5.91 Å². The summed E-state index contributed by atoms with van der Waals surface area (Å²) in [4.78, 5) is 17.5. The van der Waals surface area contributed by atoms with Crippen molar-refractivity contribution < 1.29 is 22.7 Å². The highest BCUT2D eigenvalue weighted by molar-refractivity contribution is 7.93. The molecule has 4 rings (SSSR count). The summed E-state index contributed by atoms with van der Waals surface area (Å²) in [5, 5.41) is 11.3. The van der Waals surface area contributed by atoms with Crippen LogP contribution in [0.15, 0.2) is 102 Å². The SMILES string of the molecule is COc1ccc(S(=O)(=O)N(C(=O)Cc2cccnc2)c2ccccc2/C=C/c2cc[n+]([O-])cc2)cc1. The molecule has 36 heavy (non-hydrogen) atoms. The predicted octanol–water partition coefficient (Wildman–Crippen LogP) is 3.86. The molecule has 2 aromatic carbocycles. The minimum absolute atomic E-state index is 0.0512. The number of rotatable bonds is 8. The molecule has 0 radical (unpaired) electrons. The third-order valence-corrected chi connectivity index (χ3v) is 7.09. The van der Waals surface area contributed by atoms with E-state index in [-0.39, 0.29) is 17.0 Å². The van der Waals surface area contributed by atoms with Gasteiger partial charge in [-0.3, -0.25) is 9.78 Å². The second-order valence-electron chi connectivity index (χ2n) is 7.76. The first-order chi connectivity index (χ1) is 17.4. The van der Waals surface area contributed by atoms with Gasteiger partial charge in [0.25, 0.3) is 10.0 Å². The predicted molar refractivity (Wildman–Crippen MR) is 136 cm³/mol. The maximum absolute atomic E-state index is 13.8. The number of para-hydroxylation sites is 1. The molecule has 2 aromatic heterocycles. The van der Waals surface area contributed by atoms with E-state index >= 15 is 0 Å². The summed E-state index contributed by atoms with van der Waals surface area (Å²) in [6, 6.07) is 19.2. The van der Waals surface area contributed by atoms with Crippen molar-refractivity contribution >= 4 is 33.8 Å². The molecule has 0 saturated carbocycles. The van der Waals surface area contributed by atoms with Crippen LogP contribution in [0.4, 0.5) is 5.69 Å². The topological polar surface area (TPSA) is 104 Å². The summed E-state index contributed by atoms with van der Waals surface area (Å²) in [6.45, 7) is 0. The van der Waals surface area contributed by atoms with Gasteiger partial charge in [-0.15, -0.1) is 0 Å². The Labute approximate surface area is 209 Å². The molecule has 0 bridgehead atoms. The Morgan fingerprint density at radius 3 is 2.39 bits per heavy atom. The summed E-state index contributed by atoms with van der Waals surface area (Å²) in [5.41, 5.74) is 2.03. The van der Waals surface area contributed by atoms with Crippen LogP contribution in [0.2, 0.25) is 0 Å². The van der Waals surface area contributed by atoms with Gasteiger partial charge in [0.05, 0.1) is 24.1 Å². The van der Waals surface area contributed by atoms with Gasteiger partial charge in [-0.2, -0.15) is 4.73 Å². The number of amides is 1. The molecule has 0 atom stereocenters. The summed E-state index contributed by atoms with van der Waals surface area (Å²) in [6.07, 6.45) is 9.12. The Kier molecular flexibility index (Phi) is 7.41. The van der Waals surface area contributed by atoms with Gasteiger partial charge in [-0.25, -0.2) is 12.7 Å². The van der Waals surface area contributed by atoms with Crippen LogP contribution in [0.3, 0.4) is 0 Å². The number of hydrogen-bond acceptors (Lipinski definition) is 6. The van der Waals surface area contributed by atoms with Crippen LogP contribution in [0, 0.1) is 5.21 Å². The van der Waals surface area contributed by atoms with E-state index in [1.165, 1.54) is 50.0 Å². The van der Waals surface area contributed by atoms with Gasteiger partial charge >= 0.3 is 0 Å². The van der Waals surface area contributed by atoms with E-state index in [1.807, 2.05) is 0 Å². The minimum Gasteiger partial charge on any atom is -0.619 e. The molecule has 0 spiro atoms. The summed E-state index contributed by atoms with van der Waals surface area (Å²) >= 11 is 0. The molecule has 1 amide bonds. The van der Waals surface area contributed by atoms with E-state index in [2.05, 4.69) is 4.98 Å². The number of carbonyl (C=O) groups excluding carboxylic acids is 1. The van der Waals surface area contributed by atoms with Gasteiger partial charge < -0.3 is 9.94 Å². The lowest BCUT2D eigenvalue weighted by molar-refractivity contribution is -0.605. The van der Waals surface area contributed by atoms with Crippen molar-refractivity contribution in [3.63, 3.8) is 0 Å². The van der Waals surface area contributed by atoms with Crippen molar-refractivity contribution in [2.45, 2.75) is 11.3 Å². The Balaban J connectivity index is 1.79. The average molecular weight is 502 g/mol. The molecule has 0 N–H and O–H groups in total. The van der Waals surface area contributed by atoms with Gasteiger partial charge in [0.15, 0.2) is 12.4 Å². The Hall–Kier alpha value is -4.50. The van der Waals surface area contributed by atoms with Gasteiger partial charge in [-0.1, -0.05) is 36.4 Å². The second-order valence-corrected chi connectivity index (χ2v) is 9.55. The maximum atomic E-state index is 13.8. The van der Waals surface area contributed by atoms with Crippen molar-refractivity contribution in [3.05, 3.63) is 119 Å². The molecular formula is C27H23N3O5S. The lowest BCUT2D eigenvalue weighted by atomic mass is 10.1. The zero-order chi connectivity index (χ0) is 25.5.